The Morgan fingerprint density at radius 2 is 2.04 bits per heavy atom. The zero-order chi connectivity index (χ0) is 19.8. The van der Waals surface area contributed by atoms with Gasteiger partial charge >= 0.3 is 5.97 Å². The van der Waals surface area contributed by atoms with Gasteiger partial charge in [0.2, 0.25) is 6.10 Å². The van der Waals surface area contributed by atoms with Crippen molar-refractivity contribution in [2.24, 2.45) is 7.05 Å². The highest BCUT2D eigenvalue weighted by molar-refractivity contribution is 6.09. The van der Waals surface area contributed by atoms with Crippen LogP contribution in [0.15, 0.2) is 42.5 Å². The summed E-state index contributed by atoms with van der Waals surface area (Å²) >= 11 is 0. The van der Waals surface area contributed by atoms with Gasteiger partial charge in [0, 0.05) is 19.0 Å². The third kappa shape index (κ3) is 2.89. The summed E-state index contributed by atoms with van der Waals surface area (Å²) in [5.74, 6) is 0.710. The minimum Gasteiger partial charge on any atom is -0.475 e. The largest absolute Gasteiger partial charge is 0.475 e. The molecule has 0 aliphatic carbocycles. The third-order valence-corrected chi connectivity index (χ3v) is 5.02. The molecule has 0 N–H and O–H groups in total. The molecule has 0 fully saturated rings. The highest BCUT2D eigenvalue weighted by Crippen LogP contribution is 2.34. The van der Waals surface area contributed by atoms with Crippen LogP contribution < -0.4 is 9.64 Å². The smallest absolute Gasteiger partial charge is 0.348 e. The lowest BCUT2D eigenvalue weighted by atomic mass is 10.1. The summed E-state index contributed by atoms with van der Waals surface area (Å²) in [6.45, 7) is 2.13. The van der Waals surface area contributed by atoms with E-state index in [0.717, 1.165) is 23.3 Å². The quantitative estimate of drug-likeness (QED) is 0.654. The average Bonchev–Trinajstić information content (AvgIpc) is 3.06. The molecule has 4 rings (SSSR count). The minimum absolute atomic E-state index is 0.0863. The fourth-order valence-corrected chi connectivity index (χ4v) is 3.54. The summed E-state index contributed by atoms with van der Waals surface area (Å²) in [6, 6.07) is 12.6. The Kier molecular flexibility index (Phi) is 4.50. The summed E-state index contributed by atoms with van der Waals surface area (Å²) in [7, 11) is 3.27. The Labute approximate surface area is 162 Å². The zero-order valence-electron chi connectivity index (χ0n) is 16.0. The molecular weight excluding hydrogens is 358 g/mol. The molecule has 1 amide bonds. The van der Waals surface area contributed by atoms with Gasteiger partial charge in [0.25, 0.3) is 5.91 Å². The van der Waals surface area contributed by atoms with Gasteiger partial charge in [-0.15, -0.1) is 0 Å². The maximum absolute atomic E-state index is 13.3. The van der Waals surface area contributed by atoms with Crippen molar-refractivity contribution >= 4 is 28.6 Å². The van der Waals surface area contributed by atoms with E-state index in [1.807, 2.05) is 30.7 Å². The van der Waals surface area contributed by atoms with Crippen LogP contribution in [0.4, 0.5) is 5.69 Å². The number of imidazole rings is 1. The van der Waals surface area contributed by atoms with Gasteiger partial charge in [0.15, 0.2) is 0 Å². The van der Waals surface area contributed by atoms with E-state index in [0.29, 0.717) is 17.0 Å². The monoisotopic (exact) mass is 379 g/mol. The molecule has 1 aromatic heterocycles. The number of benzene rings is 2. The highest BCUT2D eigenvalue weighted by Gasteiger charge is 2.34. The lowest BCUT2D eigenvalue weighted by molar-refractivity contribution is -0.148. The van der Waals surface area contributed by atoms with Gasteiger partial charge in [-0.3, -0.25) is 4.79 Å². The summed E-state index contributed by atoms with van der Waals surface area (Å²) in [5, 5.41) is 0. The number of esters is 1. The predicted octanol–water partition coefficient (Wildman–Crippen LogP) is 2.72. The van der Waals surface area contributed by atoms with Crippen molar-refractivity contribution in [3.63, 3.8) is 0 Å². The van der Waals surface area contributed by atoms with Gasteiger partial charge in [0.1, 0.15) is 11.6 Å². The Morgan fingerprint density at radius 3 is 2.79 bits per heavy atom. The van der Waals surface area contributed by atoms with Crippen LogP contribution in [0.3, 0.4) is 0 Å². The second kappa shape index (κ2) is 6.99. The second-order valence-corrected chi connectivity index (χ2v) is 6.66. The van der Waals surface area contributed by atoms with Gasteiger partial charge in [-0.25, -0.2) is 9.78 Å². The molecule has 1 unspecified atom stereocenters. The molecule has 1 aliphatic heterocycles. The number of hydrogen-bond donors (Lipinski definition) is 0. The van der Waals surface area contributed by atoms with Crippen molar-refractivity contribution in [1.29, 1.82) is 0 Å². The lowest BCUT2D eigenvalue weighted by Gasteiger charge is -2.33. The number of ether oxygens (including phenoxy) is 2. The van der Waals surface area contributed by atoms with Crippen LogP contribution in [-0.4, -0.2) is 41.2 Å². The maximum atomic E-state index is 13.3. The number of rotatable bonds is 3. The zero-order valence-corrected chi connectivity index (χ0v) is 16.0. The summed E-state index contributed by atoms with van der Waals surface area (Å²) in [5.41, 5.74) is 2.89. The first kappa shape index (κ1) is 18.0. The summed E-state index contributed by atoms with van der Waals surface area (Å²) in [4.78, 5) is 31.5. The number of carbonyl (C=O) groups excluding carboxylic acids is 2. The van der Waals surface area contributed by atoms with Gasteiger partial charge in [-0.2, -0.15) is 0 Å². The van der Waals surface area contributed by atoms with E-state index in [-0.39, 0.29) is 12.5 Å². The Hall–Kier alpha value is -3.35. The predicted molar refractivity (Wildman–Crippen MR) is 105 cm³/mol. The Balaban J connectivity index is 1.74. The number of hydrogen-bond acceptors (Lipinski definition) is 5. The number of aryl methyl sites for hydroxylation is 2. The molecular formula is C21H21N3O4. The molecule has 1 aliphatic rings. The van der Waals surface area contributed by atoms with Crippen LogP contribution in [-0.2, 0) is 23.0 Å². The fraction of sp³-hybridized carbons (Fsp3) is 0.286. The van der Waals surface area contributed by atoms with E-state index in [1.54, 1.807) is 35.2 Å². The van der Waals surface area contributed by atoms with Crippen molar-refractivity contribution < 1.29 is 19.1 Å². The maximum Gasteiger partial charge on any atom is 0.348 e. The molecule has 0 bridgehead atoms. The van der Waals surface area contributed by atoms with Crippen molar-refractivity contribution in [1.82, 2.24) is 9.55 Å². The van der Waals surface area contributed by atoms with E-state index in [9.17, 15) is 9.59 Å². The molecule has 28 heavy (non-hydrogen) atoms. The van der Waals surface area contributed by atoms with Gasteiger partial charge in [0.05, 0.1) is 30.4 Å². The second-order valence-electron chi connectivity index (χ2n) is 6.66. The molecule has 0 radical (unpaired) electrons. The van der Waals surface area contributed by atoms with E-state index >= 15 is 0 Å². The van der Waals surface area contributed by atoms with E-state index in [1.165, 1.54) is 7.11 Å². The molecule has 0 spiro atoms. The van der Waals surface area contributed by atoms with Crippen LogP contribution in [0.1, 0.15) is 23.1 Å². The van der Waals surface area contributed by atoms with Crippen LogP contribution in [0.2, 0.25) is 0 Å². The molecule has 7 heteroatoms. The molecule has 2 aromatic carbocycles. The Bertz CT molecular complexity index is 1070. The minimum atomic E-state index is -0.867. The number of amides is 1. The van der Waals surface area contributed by atoms with Crippen molar-refractivity contribution in [3.05, 3.63) is 53.9 Å². The topological polar surface area (TPSA) is 73.7 Å². The molecule has 0 saturated heterocycles. The number of para-hydroxylation sites is 2. The number of nitrogens with zero attached hydrogens (tertiary/aromatic N) is 3. The van der Waals surface area contributed by atoms with Crippen LogP contribution in [0, 0.1) is 0 Å². The number of anilines is 1. The third-order valence-electron chi connectivity index (χ3n) is 5.02. The molecule has 144 valence electrons. The fourth-order valence-electron chi connectivity index (χ4n) is 3.54. The van der Waals surface area contributed by atoms with Crippen molar-refractivity contribution in [3.8, 4) is 5.75 Å². The first-order valence-corrected chi connectivity index (χ1v) is 9.14. The molecule has 0 saturated carbocycles. The van der Waals surface area contributed by atoms with Gasteiger partial charge < -0.3 is 18.9 Å². The number of methoxy groups -OCH3 is 1. The molecule has 1 atom stereocenters. The number of aromatic nitrogens is 2. The van der Waals surface area contributed by atoms with Gasteiger partial charge in [-0.05, 0) is 30.3 Å². The van der Waals surface area contributed by atoms with E-state index < -0.39 is 12.1 Å². The standard InChI is InChI=1S/C21H21N3O4/c1-4-19-22-14-11-13(9-10-15(14)23(19)2)20(25)24-12-18(21(26)27-3)28-17-8-6-5-7-16(17)24/h5-11,18H,4,12H2,1-3H3. The van der Waals surface area contributed by atoms with E-state index in [4.69, 9.17) is 9.47 Å². The molecule has 3 aromatic rings. The van der Waals surface area contributed by atoms with E-state index in [2.05, 4.69) is 4.98 Å². The first-order valence-electron chi connectivity index (χ1n) is 9.14. The molecule has 7 nitrogen and oxygen atoms in total. The number of fused-ring (bicyclic) bond motifs is 2. The highest BCUT2D eigenvalue weighted by atomic mass is 16.6. The van der Waals surface area contributed by atoms with Gasteiger partial charge in [-0.1, -0.05) is 19.1 Å². The van der Waals surface area contributed by atoms with Crippen LogP contribution >= 0.6 is 0 Å². The lowest BCUT2D eigenvalue weighted by Crippen LogP contribution is -2.47. The average molecular weight is 379 g/mol. The number of carbonyl (C=O) groups is 2. The summed E-state index contributed by atoms with van der Waals surface area (Å²) in [6.07, 6.45) is -0.0549. The van der Waals surface area contributed by atoms with Crippen molar-refractivity contribution in [2.45, 2.75) is 19.4 Å². The summed E-state index contributed by atoms with van der Waals surface area (Å²) < 4.78 is 12.6. The molecule has 2 heterocycles. The first-order chi connectivity index (χ1) is 13.5. The van der Waals surface area contributed by atoms with Crippen molar-refractivity contribution in [2.75, 3.05) is 18.6 Å². The SMILES string of the molecule is CCc1nc2cc(C(=O)N3CC(C(=O)OC)Oc4ccccc43)ccc2n1C. The Morgan fingerprint density at radius 1 is 1.25 bits per heavy atom. The van der Waals surface area contributed by atoms with Crippen LogP contribution in [0.5, 0.6) is 5.75 Å². The van der Waals surface area contributed by atoms with Crippen LogP contribution in [0.25, 0.3) is 11.0 Å². The normalized spacial score (nSPS) is 15.8.